The van der Waals surface area contributed by atoms with Crippen molar-refractivity contribution in [1.29, 1.82) is 0 Å². The van der Waals surface area contributed by atoms with E-state index in [9.17, 15) is 9.59 Å². The molecule has 0 aromatic heterocycles. The van der Waals surface area contributed by atoms with Crippen LogP contribution in [0.2, 0.25) is 5.31 Å². The van der Waals surface area contributed by atoms with Gasteiger partial charge in [-0.15, -0.1) is 0 Å². The minimum absolute atomic E-state index is 0.0152. The first-order chi connectivity index (χ1) is 14.2. The molecule has 1 amide bonds. The Balaban J connectivity index is 1.51. The number of nitrogens with one attached hydrogen (secondary N) is 3. The monoisotopic (exact) mass is 415 g/mol. The number of nitrogens with zero attached hydrogens (tertiary/aromatic N) is 1. The molecule has 6 atom stereocenters. The Morgan fingerprint density at radius 3 is 2.90 bits per heavy atom. The molecule has 0 aromatic carbocycles. The van der Waals surface area contributed by atoms with Crippen LogP contribution >= 0.6 is 0 Å². The van der Waals surface area contributed by atoms with Crippen molar-refractivity contribution in [2.75, 3.05) is 6.61 Å². The Hall–Kier alpha value is -1.74. The van der Waals surface area contributed by atoms with Crippen LogP contribution in [0.4, 0.5) is 0 Å². The summed E-state index contributed by atoms with van der Waals surface area (Å²) in [5, 5.41) is 9.33. The van der Waals surface area contributed by atoms with E-state index in [1.807, 2.05) is 6.92 Å². The van der Waals surface area contributed by atoms with Gasteiger partial charge in [0.15, 0.2) is 0 Å². The molecule has 1 aliphatic carbocycles. The van der Waals surface area contributed by atoms with Crippen LogP contribution in [0.5, 0.6) is 0 Å². The minimum atomic E-state index is -0.585. The Bertz CT molecular complexity index is 695. The molecule has 9 nitrogen and oxygen atoms in total. The summed E-state index contributed by atoms with van der Waals surface area (Å²) in [4.78, 5) is 23.7. The molecule has 3 aliphatic rings. The third-order valence-corrected chi connectivity index (χ3v) is 6.96. The maximum Gasteiger partial charge on any atom is 0.323 e. The number of hydrazine groups is 1. The molecule has 7 N–H and O–H groups in total. The van der Waals surface area contributed by atoms with E-state index in [0.29, 0.717) is 30.5 Å². The van der Waals surface area contributed by atoms with E-state index in [1.165, 1.54) is 6.92 Å². The molecule has 6 unspecified atom stereocenters. The lowest BCUT2D eigenvalue weighted by atomic mass is 9.60. The number of amidine groups is 1. The maximum absolute atomic E-state index is 12.7. The molecule has 3 rings (SSSR count). The molecule has 163 valence electrons. The SMILES string of the molecule is [B]C12[B]C13CCC(CC/C(N)=N/NN)CC3CC(C(=O)OCCC(C)NC(C)=O)N2. The van der Waals surface area contributed by atoms with Crippen molar-refractivity contribution in [3.8, 4) is 0 Å². The number of piperidine rings is 1. The van der Waals surface area contributed by atoms with Gasteiger partial charge in [-0.1, -0.05) is 18.2 Å². The van der Waals surface area contributed by atoms with E-state index in [0.717, 1.165) is 32.1 Å². The van der Waals surface area contributed by atoms with Crippen molar-refractivity contribution in [2.24, 2.45) is 28.5 Å². The number of carbonyl (C=O) groups excluding carboxylic acids is 2. The highest BCUT2D eigenvalue weighted by Gasteiger charge is 2.71. The van der Waals surface area contributed by atoms with Gasteiger partial charge >= 0.3 is 5.97 Å². The van der Waals surface area contributed by atoms with E-state index in [1.54, 1.807) is 0 Å². The molecule has 30 heavy (non-hydrogen) atoms. The Morgan fingerprint density at radius 1 is 1.43 bits per heavy atom. The fraction of sp³-hybridized carbons (Fsp3) is 0.842. The predicted octanol–water partition coefficient (Wildman–Crippen LogP) is -0.563. The number of rotatable bonds is 9. The lowest BCUT2D eigenvalue weighted by Gasteiger charge is -2.47. The molecule has 0 bridgehead atoms. The normalized spacial score (nSPS) is 35.8. The topological polar surface area (TPSA) is 144 Å². The third-order valence-electron chi connectivity index (χ3n) is 6.96. The Labute approximate surface area is 180 Å². The second-order valence-electron chi connectivity index (χ2n) is 9.15. The van der Waals surface area contributed by atoms with Crippen molar-refractivity contribution in [3.63, 3.8) is 0 Å². The van der Waals surface area contributed by atoms with Gasteiger partial charge in [0.2, 0.25) is 5.91 Å². The van der Waals surface area contributed by atoms with Crippen molar-refractivity contribution in [3.05, 3.63) is 0 Å². The van der Waals surface area contributed by atoms with Gasteiger partial charge in [0.05, 0.1) is 14.5 Å². The van der Waals surface area contributed by atoms with Gasteiger partial charge in [0.1, 0.15) is 19.2 Å². The minimum Gasteiger partial charge on any atom is -0.464 e. The van der Waals surface area contributed by atoms with Gasteiger partial charge < -0.3 is 21.1 Å². The summed E-state index contributed by atoms with van der Waals surface area (Å²) in [6.07, 6.45) is 6.08. The third kappa shape index (κ3) is 4.94. The fourth-order valence-corrected chi connectivity index (χ4v) is 5.36. The number of carbonyl (C=O) groups is 2. The van der Waals surface area contributed by atoms with Crippen molar-refractivity contribution in [2.45, 2.75) is 81.5 Å². The van der Waals surface area contributed by atoms with E-state index in [-0.39, 0.29) is 29.8 Å². The van der Waals surface area contributed by atoms with E-state index >= 15 is 0 Å². The lowest BCUT2D eigenvalue weighted by molar-refractivity contribution is -0.148. The highest BCUT2D eigenvalue weighted by Crippen LogP contribution is 2.69. The standard InChI is InChI=1S/C19H33B2N6O3/c1-11(24-12(2)28)6-8-30-17(29)15-10-14-9-13(3-4-16(22)26-27-23)5-7-18(14)19(20,21-18)25-15/h11,13-15,25,27H,3-10,23H2,1-2H3,(H2,22,26)(H,24,28). The fourth-order valence-electron chi connectivity index (χ4n) is 5.36. The number of hydrogen-bond donors (Lipinski definition) is 5. The summed E-state index contributed by atoms with van der Waals surface area (Å²) >= 11 is 0. The first-order valence-electron chi connectivity index (χ1n) is 10.8. The van der Waals surface area contributed by atoms with Crippen LogP contribution in [0.15, 0.2) is 5.10 Å². The zero-order chi connectivity index (χ0) is 21.9. The van der Waals surface area contributed by atoms with Crippen LogP contribution in [0.3, 0.4) is 0 Å². The molecular formula is C19H33B2N6O3. The van der Waals surface area contributed by atoms with Gasteiger partial charge in [-0.05, 0) is 43.4 Å². The summed E-state index contributed by atoms with van der Waals surface area (Å²) in [6, 6.07) is -0.445. The molecule has 2 aliphatic heterocycles. The molecule has 1 spiro atoms. The number of hydrazone groups is 1. The molecular weight excluding hydrogens is 382 g/mol. The second kappa shape index (κ2) is 9.18. The molecule has 2 saturated heterocycles. The summed E-state index contributed by atoms with van der Waals surface area (Å²) in [7, 11) is 8.76. The average molecular weight is 415 g/mol. The van der Waals surface area contributed by atoms with E-state index in [4.69, 9.17) is 24.2 Å². The number of nitrogens with two attached hydrogens (primary N) is 2. The quantitative estimate of drug-likeness (QED) is 0.0848. The maximum atomic E-state index is 12.7. The summed E-state index contributed by atoms with van der Waals surface area (Å²) in [5.74, 6) is 6.20. The van der Waals surface area contributed by atoms with Crippen LogP contribution in [-0.2, 0) is 14.3 Å². The number of ether oxygens (including phenoxy) is 1. The van der Waals surface area contributed by atoms with E-state index < -0.39 is 11.4 Å². The molecule has 0 aromatic rings. The zero-order valence-corrected chi connectivity index (χ0v) is 17.9. The van der Waals surface area contributed by atoms with Gasteiger partial charge in [0.25, 0.3) is 0 Å². The first-order valence-corrected chi connectivity index (χ1v) is 10.8. The van der Waals surface area contributed by atoms with Crippen LogP contribution < -0.4 is 27.7 Å². The number of esters is 1. The molecule has 1 saturated carbocycles. The van der Waals surface area contributed by atoms with Crippen molar-refractivity contribution >= 4 is 32.8 Å². The van der Waals surface area contributed by atoms with E-state index in [2.05, 4.69) is 28.5 Å². The van der Waals surface area contributed by atoms with Crippen molar-refractivity contribution < 1.29 is 14.3 Å². The number of amides is 1. The summed E-state index contributed by atoms with van der Waals surface area (Å²) < 4.78 is 5.48. The molecule has 3 fully saturated rings. The number of hydrogen-bond acceptors (Lipinski definition) is 7. The lowest BCUT2D eigenvalue weighted by Crippen LogP contribution is -2.55. The largest absolute Gasteiger partial charge is 0.464 e. The van der Waals surface area contributed by atoms with Crippen LogP contribution in [0, 0.1) is 11.8 Å². The summed E-state index contributed by atoms with van der Waals surface area (Å²) in [6.45, 7) is 3.63. The van der Waals surface area contributed by atoms with Crippen LogP contribution in [-0.4, -0.2) is 56.9 Å². The summed E-state index contributed by atoms with van der Waals surface area (Å²) in [5.41, 5.74) is 8.06. The van der Waals surface area contributed by atoms with Gasteiger partial charge in [-0.2, -0.15) is 5.10 Å². The molecule has 2 heterocycles. The zero-order valence-electron chi connectivity index (χ0n) is 17.9. The molecule has 3 radical (unpaired) electrons. The Morgan fingerprint density at radius 2 is 2.20 bits per heavy atom. The van der Waals surface area contributed by atoms with Crippen LogP contribution in [0.25, 0.3) is 0 Å². The van der Waals surface area contributed by atoms with Gasteiger partial charge in [-0.25, -0.2) is 11.4 Å². The smallest absolute Gasteiger partial charge is 0.323 e. The Kier molecular flexibility index (Phi) is 7.02. The van der Waals surface area contributed by atoms with Gasteiger partial charge in [-0.3, -0.25) is 9.59 Å². The molecule has 11 heteroatoms. The van der Waals surface area contributed by atoms with Crippen LogP contribution in [0.1, 0.15) is 58.8 Å². The van der Waals surface area contributed by atoms with Crippen molar-refractivity contribution in [1.82, 2.24) is 16.2 Å². The second-order valence-corrected chi connectivity index (χ2v) is 9.15. The highest BCUT2D eigenvalue weighted by molar-refractivity contribution is 6.72. The first kappa shape index (κ1) is 22.9. The highest BCUT2D eigenvalue weighted by atomic mass is 16.5. The predicted molar refractivity (Wildman–Crippen MR) is 116 cm³/mol. The average Bonchev–Trinajstić information content (AvgIpc) is 3.28. The van der Waals surface area contributed by atoms with Gasteiger partial charge in [0, 0.05) is 25.8 Å².